The first-order valence-electron chi connectivity index (χ1n) is 11.1. The van der Waals surface area contributed by atoms with Crippen molar-refractivity contribution in [3.63, 3.8) is 0 Å². The Balaban J connectivity index is 1.39. The molecule has 9 heteroatoms. The molecule has 4 aromatic carbocycles. The number of fused-ring (bicyclic) bond motifs is 1. The number of carbonyl (C=O) groups is 3. The number of imide groups is 2. The van der Waals surface area contributed by atoms with Crippen molar-refractivity contribution < 1.29 is 19.1 Å². The molecule has 0 radical (unpaired) electrons. The van der Waals surface area contributed by atoms with Crippen molar-refractivity contribution in [2.75, 3.05) is 4.90 Å². The molecular formula is C28H17BrCl2N2O4. The normalized spacial score (nSPS) is 14.8. The third-order valence-electron chi connectivity index (χ3n) is 5.72. The minimum absolute atomic E-state index is 0.213. The molecule has 4 aromatic rings. The van der Waals surface area contributed by atoms with E-state index < -0.39 is 17.8 Å². The minimum Gasteiger partial charge on any atom is -0.486 e. The van der Waals surface area contributed by atoms with Crippen molar-refractivity contribution in [1.82, 2.24) is 5.32 Å². The summed E-state index contributed by atoms with van der Waals surface area (Å²) in [7, 11) is 0. The lowest BCUT2D eigenvalue weighted by atomic mass is 10.1. The predicted octanol–water partition coefficient (Wildman–Crippen LogP) is 7.15. The van der Waals surface area contributed by atoms with Gasteiger partial charge >= 0.3 is 6.03 Å². The largest absolute Gasteiger partial charge is 0.486 e. The highest BCUT2D eigenvalue weighted by Gasteiger charge is 2.36. The van der Waals surface area contributed by atoms with E-state index in [1.807, 2.05) is 42.5 Å². The fraction of sp³-hybridized carbons (Fsp3) is 0.0357. The lowest BCUT2D eigenvalue weighted by Crippen LogP contribution is -2.54. The van der Waals surface area contributed by atoms with Gasteiger partial charge in [-0.15, -0.1) is 0 Å². The maximum Gasteiger partial charge on any atom is 0.335 e. The van der Waals surface area contributed by atoms with E-state index in [1.165, 1.54) is 18.2 Å². The van der Waals surface area contributed by atoms with Crippen LogP contribution in [-0.2, 0) is 16.2 Å². The van der Waals surface area contributed by atoms with Crippen LogP contribution in [0.5, 0.6) is 5.75 Å². The summed E-state index contributed by atoms with van der Waals surface area (Å²) in [6.07, 6.45) is 1.33. The second kappa shape index (κ2) is 10.4. The van der Waals surface area contributed by atoms with E-state index in [0.717, 1.165) is 25.7 Å². The molecule has 1 saturated heterocycles. The van der Waals surface area contributed by atoms with E-state index in [4.69, 9.17) is 27.9 Å². The van der Waals surface area contributed by atoms with Crippen LogP contribution in [0.2, 0.25) is 10.0 Å². The van der Waals surface area contributed by atoms with Crippen molar-refractivity contribution in [2.45, 2.75) is 6.61 Å². The van der Waals surface area contributed by atoms with Crippen LogP contribution in [0, 0.1) is 0 Å². The molecule has 0 bridgehead atoms. The van der Waals surface area contributed by atoms with Gasteiger partial charge in [0.25, 0.3) is 11.8 Å². The van der Waals surface area contributed by atoms with Gasteiger partial charge in [-0.2, -0.15) is 0 Å². The van der Waals surface area contributed by atoms with Gasteiger partial charge in [0.15, 0.2) is 5.75 Å². The first-order chi connectivity index (χ1) is 17.8. The van der Waals surface area contributed by atoms with E-state index >= 15 is 0 Å². The summed E-state index contributed by atoms with van der Waals surface area (Å²) in [5, 5.41) is 4.83. The molecule has 6 nitrogen and oxygen atoms in total. The van der Waals surface area contributed by atoms with Crippen molar-refractivity contribution in [3.8, 4) is 5.75 Å². The van der Waals surface area contributed by atoms with Gasteiger partial charge in [0.1, 0.15) is 12.2 Å². The van der Waals surface area contributed by atoms with Crippen LogP contribution in [0.15, 0.2) is 88.9 Å². The third kappa shape index (κ3) is 5.25. The van der Waals surface area contributed by atoms with Crippen molar-refractivity contribution >= 4 is 79.5 Å². The molecule has 1 N–H and O–H groups in total. The van der Waals surface area contributed by atoms with Gasteiger partial charge in [-0.25, -0.2) is 9.69 Å². The number of urea groups is 1. The average Bonchev–Trinajstić information content (AvgIpc) is 2.87. The Hall–Kier alpha value is -3.65. The summed E-state index contributed by atoms with van der Waals surface area (Å²) < 4.78 is 6.68. The summed E-state index contributed by atoms with van der Waals surface area (Å²) in [6, 6.07) is 22.8. The van der Waals surface area contributed by atoms with Crippen LogP contribution in [0.4, 0.5) is 10.5 Å². The highest BCUT2D eigenvalue weighted by molar-refractivity contribution is 9.10. The predicted molar refractivity (Wildman–Crippen MR) is 148 cm³/mol. The number of nitrogens with zero attached hydrogens (tertiary/aromatic N) is 1. The van der Waals surface area contributed by atoms with Crippen molar-refractivity contribution in [2.24, 2.45) is 0 Å². The van der Waals surface area contributed by atoms with Gasteiger partial charge in [-0.3, -0.25) is 14.9 Å². The number of benzene rings is 4. The highest BCUT2D eigenvalue weighted by Crippen LogP contribution is 2.36. The number of ether oxygens (including phenoxy) is 1. The Morgan fingerprint density at radius 3 is 2.24 bits per heavy atom. The van der Waals surface area contributed by atoms with E-state index in [-0.39, 0.29) is 28.0 Å². The first kappa shape index (κ1) is 25.0. The maximum atomic E-state index is 13.1. The molecule has 1 aliphatic heterocycles. The molecule has 0 unspecified atom stereocenters. The van der Waals surface area contributed by atoms with E-state index in [1.54, 1.807) is 24.3 Å². The summed E-state index contributed by atoms with van der Waals surface area (Å²) in [5.74, 6) is -1.29. The number of hydrogen-bond donors (Lipinski definition) is 1. The second-order valence-corrected chi connectivity index (χ2v) is 9.95. The second-order valence-electron chi connectivity index (χ2n) is 8.22. The molecule has 5 rings (SSSR count). The first-order valence-corrected chi connectivity index (χ1v) is 12.6. The zero-order valence-electron chi connectivity index (χ0n) is 19.0. The van der Waals surface area contributed by atoms with Crippen molar-refractivity contribution in [1.29, 1.82) is 0 Å². The Morgan fingerprint density at radius 1 is 0.865 bits per heavy atom. The lowest BCUT2D eigenvalue weighted by molar-refractivity contribution is -0.122. The molecule has 0 atom stereocenters. The number of rotatable bonds is 5. The van der Waals surface area contributed by atoms with Gasteiger partial charge in [0.2, 0.25) is 0 Å². The maximum absolute atomic E-state index is 13.1. The monoisotopic (exact) mass is 594 g/mol. The molecular weight excluding hydrogens is 579 g/mol. The number of anilines is 1. The van der Waals surface area contributed by atoms with Crippen LogP contribution in [0.3, 0.4) is 0 Å². The summed E-state index contributed by atoms with van der Waals surface area (Å²) in [4.78, 5) is 38.9. The zero-order chi connectivity index (χ0) is 26.1. The molecule has 0 aromatic heterocycles. The molecule has 184 valence electrons. The number of carbonyl (C=O) groups excluding carboxylic acids is 3. The van der Waals surface area contributed by atoms with Crippen LogP contribution in [0.25, 0.3) is 16.8 Å². The van der Waals surface area contributed by atoms with Crippen LogP contribution in [0.1, 0.15) is 11.1 Å². The Morgan fingerprint density at radius 2 is 1.54 bits per heavy atom. The third-order valence-corrected chi connectivity index (χ3v) is 6.81. The quantitative estimate of drug-likeness (QED) is 0.196. The topological polar surface area (TPSA) is 75.7 Å². The minimum atomic E-state index is -0.831. The molecule has 0 saturated carbocycles. The molecule has 1 aliphatic rings. The molecule has 1 fully saturated rings. The number of halogens is 3. The molecule has 0 aliphatic carbocycles. The SMILES string of the molecule is O=C1NC(=O)N(c2ccc(Br)cc2)C(=O)/C1=C/c1cc(Cl)c(OCc2ccc3ccccc3c2)c(Cl)c1. The average molecular weight is 596 g/mol. The summed E-state index contributed by atoms with van der Waals surface area (Å²) >= 11 is 16.2. The van der Waals surface area contributed by atoms with E-state index in [0.29, 0.717) is 11.3 Å². The molecule has 1 heterocycles. The fourth-order valence-electron chi connectivity index (χ4n) is 3.93. The number of hydrogen-bond acceptors (Lipinski definition) is 4. The standard InChI is InChI=1S/C28H17BrCl2N2O4/c29-20-7-9-21(10-8-20)33-27(35)22(26(34)32-28(33)36)12-17-13-23(30)25(24(31)14-17)37-15-16-5-6-18-3-1-2-4-19(18)11-16/h1-14H,15H2,(H,32,34,36)/b22-12+. The Bertz CT molecular complexity index is 1580. The van der Waals surface area contributed by atoms with Crippen LogP contribution < -0.4 is 15.0 Å². The van der Waals surface area contributed by atoms with Gasteiger partial charge in [-0.1, -0.05) is 75.5 Å². The smallest absolute Gasteiger partial charge is 0.335 e. The fourth-order valence-corrected chi connectivity index (χ4v) is 4.81. The van der Waals surface area contributed by atoms with E-state index in [9.17, 15) is 14.4 Å². The Kier molecular flexibility index (Phi) is 7.02. The summed E-state index contributed by atoms with van der Waals surface area (Å²) in [6.45, 7) is 0.246. The molecule has 37 heavy (non-hydrogen) atoms. The van der Waals surface area contributed by atoms with Gasteiger partial charge in [0, 0.05) is 4.47 Å². The van der Waals surface area contributed by atoms with Crippen LogP contribution >= 0.6 is 39.1 Å². The number of nitrogens with one attached hydrogen (secondary N) is 1. The summed E-state index contributed by atoms with van der Waals surface area (Å²) in [5.41, 5.74) is 1.42. The Labute approximate surface area is 230 Å². The number of barbiturate groups is 1. The molecule has 0 spiro atoms. The highest BCUT2D eigenvalue weighted by atomic mass is 79.9. The van der Waals surface area contributed by atoms with Gasteiger partial charge in [0.05, 0.1) is 15.7 Å². The van der Waals surface area contributed by atoms with Gasteiger partial charge in [-0.05, 0) is 70.4 Å². The zero-order valence-corrected chi connectivity index (χ0v) is 22.1. The van der Waals surface area contributed by atoms with Gasteiger partial charge < -0.3 is 4.74 Å². The number of amides is 4. The van der Waals surface area contributed by atoms with E-state index in [2.05, 4.69) is 21.2 Å². The van der Waals surface area contributed by atoms with Crippen molar-refractivity contribution in [3.05, 3.63) is 110 Å². The van der Waals surface area contributed by atoms with Crippen LogP contribution in [-0.4, -0.2) is 17.8 Å². The lowest BCUT2D eigenvalue weighted by Gasteiger charge is -2.26. The molecule has 4 amide bonds.